The third kappa shape index (κ3) is 7.92. The number of fused-ring (bicyclic) bond motifs is 4. The topological polar surface area (TPSA) is 56.7 Å². The predicted molar refractivity (Wildman–Crippen MR) is 231 cm³/mol. The van der Waals surface area contributed by atoms with E-state index >= 15 is 0 Å². The van der Waals surface area contributed by atoms with Gasteiger partial charge in [-0.15, -0.1) is 18.2 Å². The maximum Gasteiger partial charge on any atom is 0.216 e. The molecule has 0 aliphatic rings. The average Bonchev–Trinajstić information content (AvgIpc) is 3.76. The van der Waals surface area contributed by atoms with Crippen LogP contribution in [-0.2, 0) is 26.5 Å². The summed E-state index contributed by atoms with van der Waals surface area (Å²) >= 11 is -1.86. The smallest absolute Gasteiger partial charge is 0.216 e. The van der Waals surface area contributed by atoms with Gasteiger partial charge in [-0.1, -0.05) is 71.6 Å². The molecule has 5 nitrogen and oxygen atoms in total. The van der Waals surface area contributed by atoms with Crippen LogP contribution in [0.15, 0.2) is 144 Å². The Kier molecular flexibility index (Phi) is 11.5. The van der Waals surface area contributed by atoms with Crippen LogP contribution in [0.3, 0.4) is 0 Å². The van der Waals surface area contributed by atoms with Crippen molar-refractivity contribution in [1.82, 2.24) is 19.5 Å². The monoisotopic (exact) mass is 971 g/mol. The Hall–Kier alpha value is -5.14. The predicted octanol–water partition coefficient (Wildman–Crippen LogP) is 12.1. The van der Waals surface area contributed by atoms with E-state index in [9.17, 15) is 0 Å². The number of hydrogen-bond acceptors (Lipinski definition) is 4. The first-order valence-electron chi connectivity index (χ1n) is 19.0. The Morgan fingerprint density at radius 1 is 0.750 bits per heavy atom. The number of hydrogen-bond donors (Lipinski definition) is 0. The molecule has 0 spiro atoms. The van der Waals surface area contributed by atoms with Crippen LogP contribution in [-0.4, -0.2) is 32.8 Å². The Balaban J connectivity index is 0.000000197. The van der Waals surface area contributed by atoms with E-state index in [1.807, 2.05) is 67.6 Å². The second-order valence-electron chi connectivity index (χ2n) is 15.5. The molecule has 281 valence electrons. The van der Waals surface area contributed by atoms with Crippen molar-refractivity contribution >= 4 is 50.8 Å². The number of rotatable bonds is 7. The molecule has 0 N–H and O–H groups in total. The summed E-state index contributed by atoms with van der Waals surface area (Å²) in [5.74, 6) is 8.78. The summed E-state index contributed by atoms with van der Waals surface area (Å²) in [7, 11) is 0. The first-order valence-corrected chi connectivity index (χ1v) is 26.3. The normalized spacial score (nSPS) is 11.5. The van der Waals surface area contributed by atoms with Gasteiger partial charge in [0.15, 0.2) is 0 Å². The summed E-state index contributed by atoms with van der Waals surface area (Å²) in [5.41, 5.74) is 12.0. The Morgan fingerprint density at radius 3 is 2.27 bits per heavy atom. The van der Waals surface area contributed by atoms with Crippen LogP contribution in [0.25, 0.3) is 72.6 Å². The number of para-hydroxylation sites is 3. The molecule has 0 aliphatic heterocycles. The number of furan rings is 1. The van der Waals surface area contributed by atoms with Crippen molar-refractivity contribution < 1.29 is 24.5 Å². The van der Waals surface area contributed by atoms with Crippen molar-refractivity contribution in [3.05, 3.63) is 163 Å². The van der Waals surface area contributed by atoms with Gasteiger partial charge in [-0.2, -0.15) is 0 Å². The molecule has 0 unspecified atom stereocenters. The molecule has 4 heterocycles. The quantitative estimate of drug-likeness (QED) is 0.118. The van der Waals surface area contributed by atoms with Gasteiger partial charge in [0, 0.05) is 42.4 Å². The van der Waals surface area contributed by atoms with Crippen LogP contribution in [0.4, 0.5) is 0 Å². The molecule has 9 aromatic rings. The van der Waals surface area contributed by atoms with Gasteiger partial charge in [0.25, 0.3) is 0 Å². The van der Waals surface area contributed by atoms with E-state index in [1.165, 1.54) is 5.56 Å². The standard InChI is InChI=1S/C31H20N3O.C18H24GeN.Ir/c1-20-18-19-24-23-13-9-14-25(29(23)35-31(24)32-20)30-33-26-15-6-8-17-28(26)34(30)27-16-7-5-12-22(27)21-10-3-2-4-11-21;1-14(2)11-16-12-18(15-9-7-6-8-10-15)20-13-17(16)19(3,4)5;/h2-13,15-19H,1H3;6-9,12-14H,11H2,1-5H3;/q2*-1;. The molecule has 1 radical (unpaired) electrons. The zero-order valence-corrected chi connectivity index (χ0v) is 37.1. The van der Waals surface area contributed by atoms with Crippen molar-refractivity contribution in [1.29, 1.82) is 0 Å². The molecule has 0 atom stereocenters. The molecule has 0 saturated heterocycles. The van der Waals surface area contributed by atoms with Gasteiger partial charge >= 0.3 is 126 Å². The molecule has 4 aromatic heterocycles. The van der Waals surface area contributed by atoms with E-state index in [0.29, 0.717) is 11.6 Å². The number of imidazole rings is 1. The zero-order chi connectivity index (χ0) is 38.1. The number of nitrogens with zero attached hydrogens (tertiary/aromatic N) is 4. The molecule has 0 bridgehead atoms. The first kappa shape index (κ1) is 39.1. The molecule has 0 saturated carbocycles. The number of benzene rings is 5. The van der Waals surface area contributed by atoms with E-state index in [1.54, 1.807) is 4.40 Å². The van der Waals surface area contributed by atoms with Crippen LogP contribution in [0.5, 0.6) is 0 Å². The van der Waals surface area contributed by atoms with Gasteiger partial charge in [0.2, 0.25) is 5.71 Å². The maximum absolute atomic E-state index is 6.32. The molecule has 9 rings (SSSR count). The molecule has 0 fully saturated rings. The summed E-state index contributed by atoms with van der Waals surface area (Å²) in [6, 6.07) is 52.2. The van der Waals surface area contributed by atoms with Crippen LogP contribution < -0.4 is 4.40 Å². The van der Waals surface area contributed by atoms with Gasteiger partial charge in [-0.25, -0.2) is 4.98 Å². The molecular weight excluding hydrogens is 925 g/mol. The fourth-order valence-corrected chi connectivity index (χ4v) is 10.7. The molecule has 0 amide bonds. The van der Waals surface area contributed by atoms with Gasteiger partial charge in [0.05, 0.1) is 22.4 Å². The summed E-state index contributed by atoms with van der Waals surface area (Å²) in [5, 5.41) is 2.00. The minimum atomic E-state index is -1.86. The molecule has 5 aromatic carbocycles. The summed E-state index contributed by atoms with van der Waals surface area (Å²) in [6.07, 6.45) is 3.27. The molecule has 56 heavy (non-hydrogen) atoms. The Morgan fingerprint density at radius 2 is 1.50 bits per heavy atom. The number of pyridine rings is 2. The van der Waals surface area contributed by atoms with E-state index in [4.69, 9.17) is 14.4 Å². The maximum atomic E-state index is 6.32. The third-order valence-electron chi connectivity index (χ3n) is 9.86. The van der Waals surface area contributed by atoms with Crippen molar-refractivity contribution in [2.75, 3.05) is 0 Å². The van der Waals surface area contributed by atoms with Gasteiger partial charge in [-0.3, -0.25) is 4.98 Å². The van der Waals surface area contributed by atoms with Gasteiger partial charge in [-0.05, 0) is 42.8 Å². The van der Waals surface area contributed by atoms with E-state index in [-0.39, 0.29) is 20.1 Å². The zero-order valence-electron chi connectivity index (χ0n) is 32.6. The Labute approximate surface area is 345 Å². The van der Waals surface area contributed by atoms with Crippen molar-refractivity contribution in [2.45, 2.75) is 44.5 Å². The number of aryl methyl sites for hydroxylation is 1. The van der Waals surface area contributed by atoms with E-state index < -0.39 is 13.3 Å². The second-order valence-corrected chi connectivity index (χ2v) is 26.1. The minimum Gasteiger partial charge on any atom is -0.486 e. The number of aromatic nitrogens is 4. The van der Waals surface area contributed by atoms with E-state index in [2.05, 4.69) is 132 Å². The molecule has 0 aliphatic carbocycles. The van der Waals surface area contributed by atoms with Gasteiger partial charge < -0.3 is 8.98 Å². The van der Waals surface area contributed by atoms with Crippen LogP contribution in [0, 0.1) is 25.0 Å². The van der Waals surface area contributed by atoms with Crippen molar-refractivity contribution in [3.63, 3.8) is 0 Å². The van der Waals surface area contributed by atoms with Gasteiger partial charge in [0.1, 0.15) is 0 Å². The average molecular weight is 970 g/mol. The fourth-order valence-electron chi connectivity index (χ4n) is 7.33. The van der Waals surface area contributed by atoms with Crippen molar-refractivity contribution in [2.24, 2.45) is 5.92 Å². The van der Waals surface area contributed by atoms with Crippen LogP contribution in [0.2, 0.25) is 17.3 Å². The second kappa shape index (κ2) is 16.5. The largest absolute Gasteiger partial charge is 0.486 e. The minimum absolute atomic E-state index is 0. The molecular formula is C49H44GeIrN4O-2. The van der Waals surface area contributed by atoms with Crippen LogP contribution in [0.1, 0.15) is 25.1 Å². The summed E-state index contributed by atoms with van der Waals surface area (Å²) in [6.45, 7) is 6.54. The fraction of sp³-hybridized carbons (Fsp3) is 0.163. The summed E-state index contributed by atoms with van der Waals surface area (Å²) in [4.78, 5) is 14.4. The summed E-state index contributed by atoms with van der Waals surface area (Å²) < 4.78 is 10.1. The van der Waals surface area contributed by atoms with Crippen molar-refractivity contribution in [3.8, 4) is 39.5 Å². The Bertz CT molecular complexity index is 2770. The van der Waals surface area contributed by atoms with Crippen LogP contribution >= 0.6 is 0 Å². The first-order chi connectivity index (χ1) is 26.7. The third-order valence-corrected chi connectivity index (χ3v) is 14.2. The SMILES string of the molecule is CC(C)Cc1cc(-c2[c-]cccc2)nc[c]1[Ge]([CH3])([CH3])[CH3].Cc1ccc2c(n1)oc1c(-c3nc4ccccc4n3-c3ccccc3-c3ccccc3)[c-]ccc12.[Ir]. The van der Waals surface area contributed by atoms with E-state index in [0.717, 1.165) is 79.0 Å². The molecule has 7 heteroatoms.